The number of para-hydroxylation sites is 1. The fourth-order valence-electron chi connectivity index (χ4n) is 3.31. The molecule has 0 bridgehead atoms. The van der Waals surface area contributed by atoms with Gasteiger partial charge in [-0.1, -0.05) is 89.2 Å². The summed E-state index contributed by atoms with van der Waals surface area (Å²) in [5.74, 6) is 1.20. The molecule has 37 heavy (non-hydrogen) atoms. The van der Waals surface area contributed by atoms with E-state index in [1.165, 1.54) is 5.56 Å². The molecule has 0 spiro atoms. The van der Waals surface area contributed by atoms with Gasteiger partial charge in [0.15, 0.2) is 0 Å². The standard InChI is InChI=1S/C15H16O2.C10H14O.C6H6O.CH2O/c1-15(2,11-3-7-13(16)8-4-11)12-5-9-14(17)10-6-12;1-10(2,3)8-4-6-9(11)7-5-8;7-6-4-2-1-3-5-6;1-2/h3-10,16-17H,1-2H3;4-7,11H,1-3H3;1-5,7H;1H2. The van der Waals surface area contributed by atoms with E-state index in [1.54, 1.807) is 60.7 Å². The van der Waals surface area contributed by atoms with Gasteiger partial charge in [-0.2, -0.15) is 0 Å². The highest BCUT2D eigenvalue weighted by atomic mass is 16.3. The number of carbonyl (C=O) groups excluding carboxylic acids is 1. The number of phenols is 4. The molecule has 4 aromatic carbocycles. The molecule has 0 saturated carbocycles. The molecule has 0 aliphatic heterocycles. The van der Waals surface area contributed by atoms with Crippen LogP contribution < -0.4 is 0 Å². The third-order valence-corrected chi connectivity index (χ3v) is 5.67. The highest BCUT2D eigenvalue weighted by molar-refractivity contribution is 5.41. The number of aromatic hydroxyl groups is 4. The summed E-state index contributed by atoms with van der Waals surface area (Å²) in [6.45, 7) is 12.7. The van der Waals surface area contributed by atoms with Crippen LogP contribution in [0.5, 0.6) is 23.0 Å². The van der Waals surface area contributed by atoms with E-state index in [0.29, 0.717) is 11.5 Å². The van der Waals surface area contributed by atoms with Gasteiger partial charge in [0.25, 0.3) is 0 Å². The van der Waals surface area contributed by atoms with Gasteiger partial charge in [-0.05, 0) is 70.6 Å². The fraction of sp³-hybridized carbons (Fsp3) is 0.219. The van der Waals surface area contributed by atoms with Gasteiger partial charge < -0.3 is 25.2 Å². The number of phenolic OH excluding ortho intramolecular Hbond substituents is 4. The number of hydrogen-bond acceptors (Lipinski definition) is 5. The van der Waals surface area contributed by atoms with Crippen molar-refractivity contribution in [2.24, 2.45) is 0 Å². The Labute approximate surface area is 220 Å². The normalized spacial score (nSPS) is 10.4. The van der Waals surface area contributed by atoms with Gasteiger partial charge in [-0.25, -0.2) is 0 Å². The highest BCUT2D eigenvalue weighted by Gasteiger charge is 2.22. The smallest absolute Gasteiger partial charge is 0.115 e. The Morgan fingerprint density at radius 3 is 0.946 bits per heavy atom. The fourth-order valence-corrected chi connectivity index (χ4v) is 3.31. The van der Waals surface area contributed by atoms with Crippen molar-refractivity contribution in [3.05, 3.63) is 120 Å². The zero-order chi connectivity index (χ0) is 28.1. The van der Waals surface area contributed by atoms with Gasteiger partial charge in [0.1, 0.15) is 29.8 Å². The number of carbonyl (C=O) groups is 1. The van der Waals surface area contributed by atoms with Crippen molar-refractivity contribution >= 4 is 6.79 Å². The first-order chi connectivity index (χ1) is 17.4. The minimum Gasteiger partial charge on any atom is -0.508 e. The number of benzene rings is 4. The Balaban J connectivity index is 0.000000293. The largest absolute Gasteiger partial charge is 0.508 e. The Hall–Kier alpha value is -4.25. The van der Waals surface area contributed by atoms with Gasteiger partial charge >= 0.3 is 0 Å². The maximum atomic E-state index is 9.30. The number of rotatable bonds is 2. The molecule has 4 aromatic rings. The van der Waals surface area contributed by atoms with Crippen molar-refractivity contribution in [1.82, 2.24) is 0 Å². The van der Waals surface area contributed by atoms with Crippen LogP contribution >= 0.6 is 0 Å². The maximum Gasteiger partial charge on any atom is 0.115 e. The summed E-state index contributed by atoms with van der Waals surface area (Å²) in [4.78, 5) is 8.00. The molecule has 0 aliphatic rings. The van der Waals surface area contributed by atoms with Gasteiger partial charge in [-0.15, -0.1) is 0 Å². The van der Waals surface area contributed by atoms with Crippen molar-refractivity contribution in [3.63, 3.8) is 0 Å². The molecule has 196 valence electrons. The Bertz CT molecular complexity index is 1110. The molecule has 0 radical (unpaired) electrons. The predicted molar refractivity (Wildman–Crippen MR) is 150 cm³/mol. The SMILES string of the molecule is C=O.CC(C)(C)c1ccc(O)cc1.CC(C)(c1ccc(O)cc1)c1ccc(O)cc1.Oc1ccccc1. The Morgan fingerprint density at radius 2 is 0.703 bits per heavy atom. The molecule has 0 aliphatic carbocycles. The monoisotopic (exact) mass is 502 g/mol. The molecule has 5 nitrogen and oxygen atoms in total. The molecule has 0 heterocycles. The number of hydrogen-bond donors (Lipinski definition) is 4. The van der Waals surface area contributed by atoms with Crippen molar-refractivity contribution in [2.45, 2.75) is 45.4 Å². The van der Waals surface area contributed by atoms with Gasteiger partial charge in [0.2, 0.25) is 0 Å². The lowest BCUT2D eigenvalue weighted by atomic mass is 9.78. The highest BCUT2D eigenvalue weighted by Crippen LogP contribution is 2.33. The topological polar surface area (TPSA) is 98.0 Å². The zero-order valence-corrected chi connectivity index (χ0v) is 22.2. The van der Waals surface area contributed by atoms with Crippen LogP contribution in [0.4, 0.5) is 0 Å². The van der Waals surface area contributed by atoms with Gasteiger partial charge in [0.05, 0.1) is 0 Å². The minimum absolute atomic E-state index is 0.151. The zero-order valence-electron chi connectivity index (χ0n) is 22.2. The van der Waals surface area contributed by atoms with E-state index >= 15 is 0 Å². The van der Waals surface area contributed by atoms with E-state index in [4.69, 9.17) is 15.0 Å². The van der Waals surface area contributed by atoms with Crippen LogP contribution in [0.15, 0.2) is 103 Å². The molecule has 4 N–H and O–H groups in total. The minimum atomic E-state index is -0.151. The van der Waals surface area contributed by atoms with Crippen LogP contribution in [0.2, 0.25) is 0 Å². The quantitative estimate of drug-likeness (QED) is 0.230. The van der Waals surface area contributed by atoms with E-state index in [1.807, 2.05) is 49.3 Å². The summed E-state index contributed by atoms with van der Waals surface area (Å²) in [6.07, 6.45) is 0. The van der Waals surface area contributed by atoms with Crippen LogP contribution in [0.25, 0.3) is 0 Å². The summed E-state index contributed by atoms with van der Waals surface area (Å²) >= 11 is 0. The summed E-state index contributed by atoms with van der Waals surface area (Å²) < 4.78 is 0. The third-order valence-electron chi connectivity index (χ3n) is 5.67. The molecule has 0 amide bonds. The van der Waals surface area contributed by atoms with Gasteiger partial charge in [-0.3, -0.25) is 0 Å². The maximum absolute atomic E-state index is 9.30. The first-order valence-corrected chi connectivity index (χ1v) is 11.8. The Kier molecular flexibility index (Phi) is 11.9. The lowest BCUT2D eigenvalue weighted by Gasteiger charge is -2.26. The summed E-state index contributed by atoms with van der Waals surface area (Å²) in [6, 6.07) is 30.5. The molecular formula is C32H38O5. The first-order valence-electron chi connectivity index (χ1n) is 11.8. The molecular weight excluding hydrogens is 464 g/mol. The van der Waals surface area contributed by atoms with E-state index in [0.717, 1.165) is 11.1 Å². The van der Waals surface area contributed by atoms with Crippen molar-refractivity contribution in [3.8, 4) is 23.0 Å². The van der Waals surface area contributed by atoms with Crippen LogP contribution in [0, 0.1) is 0 Å². The first kappa shape index (κ1) is 30.8. The van der Waals surface area contributed by atoms with Crippen LogP contribution in [-0.4, -0.2) is 27.2 Å². The summed E-state index contributed by atoms with van der Waals surface area (Å²) in [5.41, 5.74) is 3.52. The van der Waals surface area contributed by atoms with E-state index in [-0.39, 0.29) is 22.3 Å². The van der Waals surface area contributed by atoms with E-state index in [9.17, 15) is 10.2 Å². The third kappa shape index (κ3) is 10.5. The van der Waals surface area contributed by atoms with Crippen LogP contribution in [0.1, 0.15) is 51.3 Å². The second kappa shape index (κ2) is 14.3. The average molecular weight is 503 g/mol. The molecule has 0 fully saturated rings. The lowest BCUT2D eigenvalue weighted by Crippen LogP contribution is -2.18. The lowest BCUT2D eigenvalue weighted by molar-refractivity contribution is -0.0980. The second-order valence-corrected chi connectivity index (χ2v) is 9.85. The predicted octanol–water partition coefficient (Wildman–Crippen LogP) is 7.32. The van der Waals surface area contributed by atoms with Crippen LogP contribution in [0.3, 0.4) is 0 Å². The van der Waals surface area contributed by atoms with Crippen molar-refractivity contribution < 1.29 is 25.2 Å². The van der Waals surface area contributed by atoms with Crippen LogP contribution in [-0.2, 0) is 15.6 Å². The Morgan fingerprint density at radius 1 is 0.432 bits per heavy atom. The van der Waals surface area contributed by atoms with E-state index in [2.05, 4.69) is 34.6 Å². The summed E-state index contributed by atoms with van der Waals surface area (Å²) in [5, 5.41) is 36.2. The molecule has 0 atom stereocenters. The molecule has 0 aromatic heterocycles. The molecule has 5 heteroatoms. The molecule has 4 rings (SSSR count). The van der Waals surface area contributed by atoms with E-state index < -0.39 is 0 Å². The van der Waals surface area contributed by atoms with Crippen molar-refractivity contribution in [2.75, 3.05) is 0 Å². The molecule has 0 unspecified atom stereocenters. The molecule has 0 saturated heterocycles. The average Bonchev–Trinajstić information content (AvgIpc) is 2.87. The second-order valence-electron chi connectivity index (χ2n) is 9.85. The summed E-state index contributed by atoms with van der Waals surface area (Å²) in [7, 11) is 0. The van der Waals surface area contributed by atoms with Crippen molar-refractivity contribution in [1.29, 1.82) is 0 Å². The van der Waals surface area contributed by atoms with Gasteiger partial charge in [0, 0.05) is 5.41 Å².